The quantitative estimate of drug-likeness (QED) is 0.204. The average molecular weight is 467 g/mol. The Balaban J connectivity index is 2.34. The van der Waals surface area contributed by atoms with Gasteiger partial charge in [0.05, 0.1) is 6.42 Å². The van der Waals surface area contributed by atoms with E-state index in [1.807, 2.05) is 30.3 Å². The third-order valence-corrected chi connectivity index (χ3v) is 6.51. The molecule has 34 heavy (non-hydrogen) atoms. The average Bonchev–Trinajstić information content (AvgIpc) is 2.74. The van der Waals surface area contributed by atoms with Gasteiger partial charge >= 0.3 is 5.97 Å². The van der Waals surface area contributed by atoms with Crippen LogP contribution in [0, 0.1) is 0 Å². The monoisotopic (exact) mass is 466 g/mol. The lowest BCUT2D eigenvalue weighted by Gasteiger charge is -2.30. The third-order valence-electron chi connectivity index (χ3n) is 6.51. The third kappa shape index (κ3) is 8.49. The number of para-hydroxylation sites is 1. The number of ether oxygens (including phenoxy) is 1. The highest BCUT2D eigenvalue weighted by Gasteiger charge is 2.29. The fraction of sp³-hybridized carbons (Fsp3) is 0.581. The summed E-state index contributed by atoms with van der Waals surface area (Å²) >= 11 is 0. The minimum absolute atomic E-state index is 0.0604. The van der Waals surface area contributed by atoms with Gasteiger partial charge in [-0.3, -0.25) is 4.79 Å². The molecule has 0 heterocycles. The van der Waals surface area contributed by atoms with E-state index in [1.165, 1.54) is 32.1 Å². The molecule has 0 aliphatic rings. The first-order chi connectivity index (χ1) is 15.9. The van der Waals surface area contributed by atoms with E-state index in [0.29, 0.717) is 17.9 Å². The number of esters is 1. The van der Waals surface area contributed by atoms with Crippen molar-refractivity contribution in [2.45, 2.75) is 117 Å². The van der Waals surface area contributed by atoms with Crippen molar-refractivity contribution in [1.29, 1.82) is 0 Å². The van der Waals surface area contributed by atoms with Crippen LogP contribution in [0.25, 0.3) is 0 Å². The number of carbonyl (C=O) groups excluding carboxylic acids is 1. The predicted octanol–water partition coefficient (Wildman–Crippen LogP) is 8.82. The molecular weight excluding hydrogens is 420 g/mol. The summed E-state index contributed by atoms with van der Waals surface area (Å²) in [7, 11) is 0. The van der Waals surface area contributed by atoms with Crippen LogP contribution in [0.4, 0.5) is 0 Å². The Kier molecular flexibility index (Phi) is 10.2. The molecule has 0 aliphatic heterocycles. The van der Waals surface area contributed by atoms with Gasteiger partial charge in [-0.15, -0.1) is 0 Å². The maximum atomic E-state index is 12.9. The van der Waals surface area contributed by atoms with E-state index in [2.05, 4.69) is 60.6 Å². The van der Waals surface area contributed by atoms with Crippen LogP contribution >= 0.6 is 0 Å². The largest absolute Gasteiger partial charge is 0.507 e. The molecule has 0 aromatic heterocycles. The normalized spacial score (nSPS) is 13.0. The van der Waals surface area contributed by atoms with E-state index >= 15 is 0 Å². The van der Waals surface area contributed by atoms with E-state index in [0.717, 1.165) is 29.5 Å². The highest BCUT2D eigenvalue weighted by Crippen LogP contribution is 2.42. The number of hydrogen-bond donors (Lipinski definition) is 1. The Morgan fingerprint density at radius 3 is 1.91 bits per heavy atom. The Hall–Kier alpha value is -2.29. The number of rotatable bonds is 11. The number of phenolic OH excluding ortho intramolecular Hbond substituents is 1. The second-order valence-corrected chi connectivity index (χ2v) is 11.7. The molecule has 1 unspecified atom stereocenters. The van der Waals surface area contributed by atoms with Crippen LogP contribution in [0.2, 0.25) is 0 Å². The first-order valence-corrected chi connectivity index (χ1v) is 13.1. The van der Waals surface area contributed by atoms with Gasteiger partial charge in [-0.25, -0.2) is 0 Å². The van der Waals surface area contributed by atoms with E-state index in [-0.39, 0.29) is 22.7 Å². The topological polar surface area (TPSA) is 46.5 Å². The molecule has 0 saturated carbocycles. The maximum Gasteiger partial charge on any atom is 0.311 e. The number of hydrogen-bond acceptors (Lipinski definition) is 3. The van der Waals surface area contributed by atoms with Gasteiger partial charge in [-0.1, -0.05) is 117 Å². The highest BCUT2D eigenvalue weighted by molar-refractivity contribution is 5.73. The van der Waals surface area contributed by atoms with E-state index in [4.69, 9.17) is 4.74 Å². The summed E-state index contributed by atoms with van der Waals surface area (Å²) in [5.74, 6) is 0.825. The molecule has 2 aromatic rings. The van der Waals surface area contributed by atoms with Crippen LogP contribution in [0.3, 0.4) is 0 Å². The lowest BCUT2D eigenvalue weighted by Crippen LogP contribution is -2.20. The SMILES string of the molecule is CCCCCCCCC(CC(=O)Oc1ccccc1)c1cc(C(C)(C)C)c(O)c(C(C)(C)C)c1. The van der Waals surface area contributed by atoms with Crippen molar-refractivity contribution in [3.8, 4) is 11.5 Å². The Bertz CT molecular complexity index is 866. The molecule has 3 heteroatoms. The molecule has 3 nitrogen and oxygen atoms in total. The number of phenols is 1. The number of benzene rings is 2. The van der Waals surface area contributed by atoms with Crippen LogP contribution in [0.15, 0.2) is 42.5 Å². The van der Waals surface area contributed by atoms with Gasteiger partial charge < -0.3 is 9.84 Å². The summed E-state index contributed by atoms with van der Waals surface area (Å²) in [6.07, 6.45) is 8.59. The van der Waals surface area contributed by atoms with Crippen molar-refractivity contribution in [3.05, 3.63) is 59.2 Å². The molecule has 1 atom stereocenters. The van der Waals surface area contributed by atoms with Crippen molar-refractivity contribution < 1.29 is 14.6 Å². The van der Waals surface area contributed by atoms with Gasteiger partial charge in [-0.2, -0.15) is 0 Å². The fourth-order valence-corrected chi connectivity index (χ4v) is 4.46. The van der Waals surface area contributed by atoms with Gasteiger partial charge in [0, 0.05) is 0 Å². The van der Waals surface area contributed by atoms with E-state index < -0.39 is 0 Å². The summed E-state index contributed by atoms with van der Waals surface area (Å²) in [6, 6.07) is 13.6. The van der Waals surface area contributed by atoms with Crippen LogP contribution in [0.5, 0.6) is 11.5 Å². The molecule has 0 spiro atoms. The van der Waals surface area contributed by atoms with Crippen LogP contribution in [0.1, 0.15) is 122 Å². The molecular formula is C31H46O3. The minimum atomic E-state index is -0.204. The zero-order valence-electron chi connectivity index (χ0n) is 22.5. The van der Waals surface area contributed by atoms with Gasteiger partial charge in [-0.05, 0) is 52.0 Å². The Labute approximate surface area is 207 Å². The summed E-state index contributed by atoms with van der Waals surface area (Å²) in [6.45, 7) is 15.0. The second-order valence-electron chi connectivity index (χ2n) is 11.7. The molecule has 0 aliphatic carbocycles. The molecule has 0 saturated heterocycles. The molecule has 1 N–H and O–H groups in total. The molecule has 0 amide bonds. The lowest BCUT2D eigenvalue weighted by molar-refractivity contribution is -0.134. The van der Waals surface area contributed by atoms with Gasteiger partial charge in [0.25, 0.3) is 0 Å². The zero-order valence-corrected chi connectivity index (χ0v) is 22.5. The minimum Gasteiger partial charge on any atom is -0.507 e. The Morgan fingerprint density at radius 1 is 0.853 bits per heavy atom. The van der Waals surface area contributed by atoms with E-state index in [1.54, 1.807) is 0 Å². The second kappa shape index (κ2) is 12.4. The van der Waals surface area contributed by atoms with Crippen LogP contribution < -0.4 is 4.74 Å². The Morgan fingerprint density at radius 2 is 1.38 bits per heavy atom. The van der Waals surface area contributed by atoms with Crippen LogP contribution in [-0.2, 0) is 15.6 Å². The molecule has 0 fully saturated rings. The number of carbonyl (C=O) groups is 1. The summed E-state index contributed by atoms with van der Waals surface area (Å²) in [5.41, 5.74) is 2.62. The summed E-state index contributed by atoms with van der Waals surface area (Å²) in [4.78, 5) is 12.9. The van der Waals surface area contributed by atoms with Gasteiger partial charge in [0.1, 0.15) is 11.5 Å². The lowest BCUT2D eigenvalue weighted by atomic mass is 9.76. The van der Waals surface area contributed by atoms with Crippen molar-refractivity contribution in [3.63, 3.8) is 0 Å². The highest BCUT2D eigenvalue weighted by atomic mass is 16.5. The summed E-state index contributed by atoms with van der Waals surface area (Å²) < 4.78 is 5.66. The molecule has 188 valence electrons. The standard InChI is InChI=1S/C31H46O3/c1-8-9-10-11-12-14-17-23(22-28(32)34-25-18-15-13-16-19-25)24-20-26(30(2,3)4)29(33)27(21-24)31(5,6)7/h13,15-16,18-21,23,33H,8-12,14,17,22H2,1-7H3. The van der Waals surface area contributed by atoms with E-state index in [9.17, 15) is 9.90 Å². The molecule has 2 rings (SSSR count). The molecule has 0 bridgehead atoms. The van der Waals surface area contributed by atoms with Crippen molar-refractivity contribution in [1.82, 2.24) is 0 Å². The first kappa shape index (κ1) is 28.0. The first-order valence-electron chi connectivity index (χ1n) is 13.1. The van der Waals surface area contributed by atoms with Crippen molar-refractivity contribution >= 4 is 5.97 Å². The smallest absolute Gasteiger partial charge is 0.311 e. The molecule has 0 radical (unpaired) electrons. The fourth-order valence-electron chi connectivity index (χ4n) is 4.46. The van der Waals surface area contributed by atoms with Gasteiger partial charge in [0.15, 0.2) is 0 Å². The van der Waals surface area contributed by atoms with Crippen LogP contribution in [-0.4, -0.2) is 11.1 Å². The molecule has 2 aromatic carbocycles. The van der Waals surface area contributed by atoms with Gasteiger partial charge in [0.2, 0.25) is 0 Å². The summed E-state index contributed by atoms with van der Waals surface area (Å²) in [5, 5.41) is 11.1. The van der Waals surface area contributed by atoms with Crippen molar-refractivity contribution in [2.75, 3.05) is 0 Å². The predicted molar refractivity (Wildman–Crippen MR) is 143 cm³/mol. The zero-order chi connectivity index (χ0) is 25.4. The number of aromatic hydroxyl groups is 1. The maximum absolute atomic E-state index is 12.9. The van der Waals surface area contributed by atoms with Crippen molar-refractivity contribution in [2.24, 2.45) is 0 Å². The number of unbranched alkanes of at least 4 members (excludes halogenated alkanes) is 5.